The van der Waals surface area contributed by atoms with E-state index in [1.165, 1.54) is 32.4 Å². The van der Waals surface area contributed by atoms with Gasteiger partial charge in [-0.2, -0.15) is 5.10 Å². The molecule has 0 aliphatic carbocycles. The molecule has 1 N–H and O–H groups in total. The number of piperidine rings is 1. The molecule has 1 fully saturated rings. The lowest BCUT2D eigenvalue weighted by atomic mass is 10.2. The van der Waals surface area contributed by atoms with Crippen LogP contribution >= 0.6 is 0 Å². The first-order valence-electron chi connectivity index (χ1n) is 5.54. The summed E-state index contributed by atoms with van der Waals surface area (Å²) in [6, 6.07) is 1.89. The van der Waals surface area contributed by atoms with Gasteiger partial charge < -0.3 is 5.32 Å². The van der Waals surface area contributed by atoms with Crippen molar-refractivity contribution in [1.82, 2.24) is 15.1 Å². The van der Waals surface area contributed by atoms with Crippen LogP contribution in [0.15, 0.2) is 18.5 Å². The van der Waals surface area contributed by atoms with Crippen molar-refractivity contribution in [2.24, 2.45) is 7.05 Å². The molecule has 1 saturated heterocycles. The Kier molecular flexibility index (Phi) is 9.64. The molecule has 0 saturated carbocycles. The van der Waals surface area contributed by atoms with Crippen LogP contribution in [0.4, 0.5) is 0 Å². The summed E-state index contributed by atoms with van der Waals surface area (Å²) in [5, 5.41) is 7.12. The quantitative estimate of drug-likeness (QED) is 0.691. The Balaban J connectivity index is 0.000000206. The van der Waals surface area contributed by atoms with E-state index in [9.17, 15) is 0 Å². The van der Waals surface area contributed by atoms with E-state index < -0.39 is 0 Å². The highest BCUT2D eigenvalue weighted by atomic mass is 15.2. The number of rotatable bonds is 0. The summed E-state index contributed by atoms with van der Waals surface area (Å²) in [6.45, 7) is 6.50. The fourth-order valence-electron chi connectivity index (χ4n) is 1.15. The third-order valence-electron chi connectivity index (χ3n) is 1.84. The minimum Gasteiger partial charge on any atom is -0.317 e. The second kappa shape index (κ2) is 10.3. The van der Waals surface area contributed by atoms with E-state index in [4.69, 9.17) is 0 Å². The summed E-state index contributed by atoms with van der Waals surface area (Å²) in [7, 11) is 1.89. The first kappa shape index (κ1) is 13.2. The van der Waals surface area contributed by atoms with Crippen molar-refractivity contribution >= 4 is 0 Å². The highest BCUT2D eigenvalue weighted by molar-refractivity contribution is 4.75. The van der Waals surface area contributed by atoms with Crippen molar-refractivity contribution in [3.8, 4) is 0 Å². The lowest BCUT2D eigenvalue weighted by Crippen LogP contribution is -2.21. The zero-order valence-corrected chi connectivity index (χ0v) is 9.66. The summed E-state index contributed by atoms with van der Waals surface area (Å²) in [6.07, 6.45) is 7.85. The van der Waals surface area contributed by atoms with Crippen molar-refractivity contribution in [3.63, 3.8) is 0 Å². The van der Waals surface area contributed by atoms with Gasteiger partial charge in [-0.3, -0.25) is 4.68 Å². The lowest BCUT2D eigenvalue weighted by Gasteiger charge is -2.08. The Labute approximate surface area is 87.5 Å². The number of aromatic nitrogens is 2. The molecule has 1 aliphatic heterocycles. The standard InChI is InChI=1S/C5H11N.C4H6N2.C2H6/c1-2-4-6-5-3-1;1-6-4-2-3-5-6;1-2/h6H,1-5H2;2-4H,1H3;1-2H3. The molecular weight excluding hydrogens is 174 g/mol. The third kappa shape index (κ3) is 7.80. The van der Waals surface area contributed by atoms with Crippen LogP contribution in [0, 0.1) is 0 Å². The molecule has 0 amide bonds. The smallest absolute Gasteiger partial charge is 0.0489 e. The van der Waals surface area contributed by atoms with Gasteiger partial charge in [0.05, 0.1) is 0 Å². The minimum atomic E-state index is 1.25. The van der Waals surface area contributed by atoms with Gasteiger partial charge in [-0.25, -0.2) is 0 Å². The van der Waals surface area contributed by atoms with Crippen molar-refractivity contribution in [1.29, 1.82) is 0 Å². The maximum atomic E-state index is 3.83. The normalized spacial score (nSPS) is 14.5. The maximum Gasteiger partial charge on any atom is 0.0489 e. The maximum absolute atomic E-state index is 3.83. The van der Waals surface area contributed by atoms with Crippen LogP contribution in [0.1, 0.15) is 33.1 Å². The van der Waals surface area contributed by atoms with Crippen molar-refractivity contribution < 1.29 is 0 Å². The highest BCUT2D eigenvalue weighted by Crippen LogP contribution is 1.96. The molecule has 3 nitrogen and oxygen atoms in total. The number of hydrogen-bond donors (Lipinski definition) is 1. The molecule has 1 aromatic rings. The second-order valence-electron chi connectivity index (χ2n) is 2.99. The summed E-state index contributed by atoms with van der Waals surface area (Å²) < 4.78 is 1.75. The summed E-state index contributed by atoms with van der Waals surface area (Å²) >= 11 is 0. The molecular formula is C11H23N3. The van der Waals surface area contributed by atoms with Gasteiger partial charge in [0.1, 0.15) is 0 Å². The van der Waals surface area contributed by atoms with Crippen LogP contribution in [-0.2, 0) is 7.05 Å². The Hall–Kier alpha value is -0.830. The summed E-state index contributed by atoms with van der Waals surface area (Å²) in [5.41, 5.74) is 0. The van der Waals surface area contributed by atoms with Gasteiger partial charge >= 0.3 is 0 Å². The van der Waals surface area contributed by atoms with Crippen molar-refractivity contribution in [2.45, 2.75) is 33.1 Å². The summed E-state index contributed by atoms with van der Waals surface area (Å²) in [4.78, 5) is 0. The van der Waals surface area contributed by atoms with Gasteiger partial charge in [0.2, 0.25) is 0 Å². The molecule has 14 heavy (non-hydrogen) atoms. The van der Waals surface area contributed by atoms with Gasteiger partial charge in [-0.05, 0) is 32.0 Å². The third-order valence-corrected chi connectivity index (χ3v) is 1.84. The van der Waals surface area contributed by atoms with Crippen LogP contribution in [0.25, 0.3) is 0 Å². The Bertz CT molecular complexity index is 167. The molecule has 2 rings (SSSR count). The molecule has 0 spiro atoms. The molecule has 1 aliphatic rings. The van der Waals surface area contributed by atoms with E-state index >= 15 is 0 Å². The minimum absolute atomic E-state index is 1.25. The van der Waals surface area contributed by atoms with Gasteiger partial charge in [0, 0.05) is 19.4 Å². The van der Waals surface area contributed by atoms with Crippen LogP contribution < -0.4 is 5.32 Å². The average molecular weight is 197 g/mol. The van der Waals surface area contributed by atoms with Crippen molar-refractivity contribution in [2.75, 3.05) is 13.1 Å². The van der Waals surface area contributed by atoms with E-state index in [2.05, 4.69) is 10.4 Å². The zero-order valence-electron chi connectivity index (χ0n) is 9.66. The molecule has 0 aromatic carbocycles. The molecule has 0 unspecified atom stereocenters. The number of aryl methyl sites for hydroxylation is 1. The monoisotopic (exact) mass is 197 g/mol. The van der Waals surface area contributed by atoms with Crippen LogP contribution in [0.2, 0.25) is 0 Å². The van der Waals surface area contributed by atoms with Gasteiger partial charge in [0.15, 0.2) is 0 Å². The number of nitrogens with one attached hydrogen (secondary N) is 1. The highest BCUT2D eigenvalue weighted by Gasteiger charge is 1.93. The van der Waals surface area contributed by atoms with Gasteiger partial charge in [-0.15, -0.1) is 0 Å². The number of hydrogen-bond acceptors (Lipinski definition) is 2. The fourth-order valence-corrected chi connectivity index (χ4v) is 1.15. The SMILES string of the molecule is C1CCNCC1.CC.Cn1cccn1. The van der Waals surface area contributed by atoms with Gasteiger partial charge in [-0.1, -0.05) is 20.3 Å². The predicted molar refractivity (Wildman–Crippen MR) is 61.3 cm³/mol. The number of nitrogens with zero attached hydrogens (tertiary/aromatic N) is 2. The first-order chi connectivity index (χ1) is 6.89. The van der Waals surface area contributed by atoms with Crippen LogP contribution in [-0.4, -0.2) is 22.9 Å². The predicted octanol–water partition coefficient (Wildman–Crippen LogP) is 2.21. The molecule has 0 bridgehead atoms. The molecule has 1 aromatic heterocycles. The fraction of sp³-hybridized carbons (Fsp3) is 0.727. The van der Waals surface area contributed by atoms with E-state index in [-0.39, 0.29) is 0 Å². The Morgan fingerprint density at radius 1 is 1.14 bits per heavy atom. The molecule has 0 atom stereocenters. The van der Waals surface area contributed by atoms with Crippen molar-refractivity contribution in [3.05, 3.63) is 18.5 Å². The van der Waals surface area contributed by atoms with Crippen LogP contribution in [0.3, 0.4) is 0 Å². The second-order valence-corrected chi connectivity index (χ2v) is 2.99. The van der Waals surface area contributed by atoms with E-state index in [0.717, 1.165) is 0 Å². The molecule has 2 heterocycles. The van der Waals surface area contributed by atoms with E-state index in [0.29, 0.717) is 0 Å². The zero-order chi connectivity index (χ0) is 10.6. The Morgan fingerprint density at radius 2 is 1.79 bits per heavy atom. The largest absolute Gasteiger partial charge is 0.317 e. The average Bonchev–Trinajstić information content (AvgIpc) is 2.76. The first-order valence-corrected chi connectivity index (χ1v) is 5.54. The van der Waals surface area contributed by atoms with Crippen LogP contribution in [0.5, 0.6) is 0 Å². The lowest BCUT2D eigenvalue weighted by molar-refractivity contribution is 0.520. The Morgan fingerprint density at radius 3 is 1.93 bits per heavy atom. The topological polar surface area (TPSA) is 29.9 Å². The molecule has 82 valence electrons. The summed E-state index contributed by atoms with van der Waals surface area (Å²) in [5.74, 6) is 0. The van der Waals surface area contributed by atoms with Gasteiger partial charge in [0.25, 0.3) is 0 Å². The van der Waals surface area contributed by atoms with E-state index in [1.54, 1.807) is 10.9 Å². The molecule has 3 heteroatoms. The molecule has 0 radical (unpaired) electrons. The van der Waals surface area contributed by atoms with E-state index in [1.807, 2.05) is 33.2 Å².